The zero-order valence-electron chi connectivity index (χ0n) is 11.5. The Morgan fingerprint density at radius 1 is 1.74 bits per heavy atom. The summed E-state index contributed by atoms with van der Waals surface area (Å²) in [6.07, 6.45) is 1.26. The van der Waals surface area contributed by atoms with E-state index in [1.165, 1.54) is 0 Å². The fraction of sp³-hybridized carbons (Fsp3) is 0.692. The summed E-state index contributed by atoms with van der Waals surface area (Å²) >= 11 is 1.55. The third-order valence-corrected chi connectivity index (χ3v) is 4.30. The smallest absolute Gasteiger partial charge is 0.228 e. The first kappa shape index (κ1) is 14.4. The van der Waals surface area contributed by atoms with Gasteiger partial charge < -0.3 is 15.4 Å². The number of carbonyl (C=O) groups is 1. The van der Waals surface area contributed by atoms with Crippen LogP contribution >= 0.6 is 11.3 Å². The second-order valence-electron chi connectivity index (χ2n) is 4.84. The van der Waals surface area contributed by atoms with Crippen LogP contribution in [0.15, 0.2) is 5.38 Å². The Kier molecular flexibility index (Phi) is 4.90. The molecule has 1 aromatic rings. The molecule has 1 aliphatic heterocycles. The lowest BCUT2D eigenvalue weighted by Crippen LogP contribution is -2.33. The SMILES string of the molecule is CCOC(C)c1nc(CC(=O)N2CC[C@H](N)C2)cs1. The maximum Gasteiger partial charge on any atom is 0.228 e. The Bertz CT molecular complexity index is 435. The number of thiazole rings is 1. The third-order valence-electron chi connectivity index (χ3n) is 3.24. The molecule has 2 rings (SSSR count). The lowest BCUT2D eigenvalue weighted by atomic mass is 10.3. The second-order valence-corrected chi connectivity index (χ2v) is 5.73. The zero-order valence-corrected chi connectivity index (χ0v) is 12.3. The van der Waals surface area contributed by atoms with Gasteiger partial charge in [0.05, 0.1) is 12.1 Å². The number of aromatic nitrogens is 1. The zero-order chi connectivity index (χ0) is 13.8. The highest BCUT2D eigenvalue weighted by atomic mass is 32.1. The summed E-state index contributed by atoms with van der Waals surface area (Å²) in [6.45, 7) is 6.05. The van der Waals surface area contributed by atoms with E-state index in [4.69, 9.17) is 10.5 Å². The number of ether oxygens (including phenoxy) is 1. The molecule has 1 fully saturated rings. The topological polar surface area (TPSA) is 68.5 Å². The maximum absolute atomic E-state index is 12.1. The number of nitrogens with zero attached hydrogens (tertiary/aromatic N) is 2. The van der Waals surface area contributed by atoms with E-state index in [9.17, 15) is 4.79 Å². The maximum atomic E-state index is 12.1. The Labute approximate surface area is 117 Å². The Hall–Kier alpha value is -0.980. The molecule has 5 nitrogen and oxygen atoms in total. The van der Waals surface area contributed by atoms with E-state index in [1.54, 1.807) is 11.3 Å². The number of hydrogen-bond donors (Lipinski definition) is 1. The van der Waals surface area contributed by atoms with Crippen molar-refractivity contribution < 1.29 is 9.53 Å². The lowest BCUT2D eigenvalue weighted by molar-refractivity contribution is -0.129. The molecule has 1 amide bonds. The molecule has 0 aliphatic carbocycles. The molecule has 2 atom stereocenters. The van der Waals surface area contributed by atoms with E-state index < -0.39 is 0 Å². The molecule has 1 unspecified atom stereocenters. The van der Waals surface area contributed by atoms with Crippen LogP contribution in [0.1, 0.15) is 37.1 Å². The van der Waals surface area contributed by atoms with Gasteiger partial charge in [-0.05, 0) is 20.3 Å². The summed E-state index contributed by atoms with van der Waals surface area (Å²) in [5.74, 6) is 0.119. The number of likely N-dealkylation sites (tertiary alicyclic amines) is 1. The fourth-order valence-corrected chi connectivity index (χ4v) is 3.01. The highest BCUT2D eigenvalue weighted by molar-refractivity contribution is 7.09. The van der Waals surface area contributed by atoms with Crippen molar-refractivity contribution in [3.63, 3.8) is 0 Å². The van der Waals surface area contributed by atoms with E-state index >= 15 is 0 Å². The van der Waals surface area contributed by atoms with Crippen molar-refractivity contribution in [3.05, 3.63) is 16.1 Å². The average molecular weight is 283 g/mol. The average Bonchev–Trinajstić information content (AvgIpc) is 2.98. The van der Waals surface area contributed by atoms with Gasteiger partial charge in [0.1, 0.15) is 11.1 Å². The van der Waals surface area contributed by atoms with Crippen LogP contribution in [0.25, 0.3) is 0 Å². The van der Waals surface area contributed by atoms with Crippen molar-refractivity contribution in [2.75, 3.05) is 19.7 Å². The summed E-state index contributed by atoms with van der Waals surface area (Å²) in [7, 11) is 0. The van der Waals surface area contributed by atoms with Crippen LogP contribution in [0.2, 0.25) is 0 Å². The summed E-state index contributed by atoms with van der Waals surface area (Å²) in [5, 5.41) is 2.88. The number of carbonyl (C=O) groups excluding carboxylic acids is 1. The minimum atomic E-state index is -0.000869. The van der Waals surface area contributed by atoms with Gasteiger partial charge in [-0.15, -0.1) is 11.3 Å². The molecular formula is C13H21N3O2S. The molecule has 1 aromatic heterocycles. The van der Waals surface area contributed by atoms with Crippen molar-refractivity contribution >= 4 is 17.2 Å². The Morgan fingerprint density at radius 2 is 2.53 bits per heavy atom. The summed E-state index contributed by atoms with van der Waals surface area (Å²) in [5.41, 5.74) is 6.64. The number of amides is 1. The third kappa shape index (κ3) is 3.75. The van der Waals surface area contributed by atoms with Gasteiger partial charge in [-0.3, -0.25) is 4.79 Å². The van der Waals surface area contributed by atoms with Gasteiger partial charge >= 0.3 is 0 Å². The predicted molar refractivity (Wildman–Crippen MR) is 75.0 cm³/mol. The highest BCUT2D eigenvalue weighted by Gasteiger charge is 2.24. The van der Waals surface area contributed by atoms with Crippen LogP contribution in [0, 0.1) is 0 Å². The summed E-state index contributed by atoms with van der Waals surface area (Å²) in [4.78, 5) is 18.4. The van der Waals surface area contributed by atoms with E-state index in [2.05, 4.69) is 4.98 Å². The molecule has 2 N–H and O–H groups in total. The molecule has 1 saturated heterocycles. The minimum Gasteiger partial charge on any atom is -0.372 e. The van der Waals surface area contributed by atoms with E-state index in [1.807, 2.05) is 24.1 Å². The summed E-state index contributed by atoms with van der Waals surface area (Å²) in [6, 6.07) is 0.132. The van der Waals surface area contributed by atoms with E-state index in [-0.39, 0.29) is 18.1 Å². The van der Waals surface area contributed by atoms with E-state index in [0.717, 1.165) is 23.7 Å². The highest BCUT2D eigenvalue weighted by Crippen LogP contribution is 2.21. The first-order valence-corrected chi connectivity index (χ1v) is 7.57. The monoisotopic (exact) mass is 283 g/mol. The molecule has 0 spiro atoms. The standard InChI is InChI=1S/C13H21N3O2S/c1-3-18-9(2)13-15-11(8-19-13)6-12(17)16-5-4-10(14)7-16/h8-10H,3-7,14H2,1-2H3/t9?,10-/m0/s1. The molecule has 0 bridgehead atoms. The quantitative estimate of drug-likeness (QED) is 0.885. The van der Waals surface area contributed by atoms with Gasteiger partial charge in [0.25, 0.3) is 0 Å². The van der Waals surface area contributed by atoms with Gasteiger partial charge in [-0.2, -0.15) is 0 Å². The molecule has 6 heteroatoms. The van der Waals surface area contributed by atoms with Crippen LogP contribution in [-0.4, -0.2) is 41.5 Å². The van der Waals surface area contributed by atoms with Crippen molar-refractivity contribution in [3.8, 4) is 0 Å². The molecule has 19 heavy (non-hydrogen) atoms. The minimum absolute atomic E-state index is 0.000869. The number of nitrogens with two attached hydrogens (primary N) is 1. The van der Waals surface area contributed by atoms with Crippen molar-refractivity contribution in [2.24, 2.45) is 5.73 Å². The molecule has 106 valence electrons. The first-order chi connectivity index (χ1) is 9.10. The van der Waals surface area contributed by atoms with Gasteiger partial charge in [-0.1, -0.05) is 0 Å². The van der Waals surface area contributed by atoms with E-state index in [0.29, 0.717) is 19.6 Å². The normalized spacial score (nSPS) is 20.8. The van der Waals surface area contributed by atoms with Crippen LogP contribution in [0.3, 0.4) is 0 Å². The molecule has 0 saturated carbocycles. The van der Waals surface area contributed by atoms with Crippen molar-refractivity contribution in [1.82, 2.24) is 9.88 Å². The van der Waals surface area contributed by atoms with Crippen molar-refractivity contribution in [1.29, 1.82) is 0 Å². The number of rotatable bonds is 5. The van der Waals surface area contributed by atoms with Crippen LogP contribution in [-0.2, 0) is 16.0 Å². The number of hydrogen-bond acceptors (Lipinski definition) is 5. The van der Waals surface area contributed by atoms with Crippen LogP contribution in [0.5, 0.6) is 0 Å². The fourth-order valence-electron chi connectivity index (χ4n) is 2.19. The molecular weight excluding hydrogens is 262 g/mol. The predicted octanol–water partition coefficient (Wildman–Crippen LogP) is 1.34. The van der Waals surface area contributed by atoms with Crippen molar-refractivity contribution in [2.45, 2.75) is 38.8 Å². The largest absolute Gasteiger partial charge is 0.372 e. The lowest BCUT2D eigenvalue weighted by Gasteiger charge is -2.14. The van der Waals surface area contributed by atoms with Gasteiger partial charge in [0.15, 0.2) is 0 Å². The Morgan fingerprint density at radius 3 is 3.16 bits per heavy atom. The second kappa shape index (κ2) is 6.45. The molecule has 2 heterocycles. The summed E-state index contributed by atoms with van der Waals surface area (Å²) < 4.78 is 5.50. The van der Waals surface area contributed by atoms with Gasteiger partial charge in [-0.25, -0.2) is 4.98 Å². The van der Waals surface area contributed by atoms with Gasteiger partial charge in [0.2, 0.25) is 5.91 Å². The van der Waals surface area contributed by atoms with Crippen LogP contribution in [0.4, 0.5) is 0 Å². The molecule has 1 aliphatic rings. The van der Waals surface area contributed by atoms with Crippen LogP contribution < -0.4 is 5.73 Å². The first-order valence-electron chi connectivity index (χ1n) is 6.69. The Balaban J connectivity index is 1.91. The van der Waals surface area contributed by atoms with Gasteiger partial charge in [0, 0.05) is 31.1 Å². The molecule has 0 radical (unpaired) electrons. The molecule has 0 aromatic carbocycles.